The van der Waals surface area contributed by atoms with E-state index in [-0.39, 0.29) is 0 Å². The number of aromatic carboxylic acids is 1. The third-order valence-electron chi connectivity index (χ3n) is 5.46. The first-order valence-electron chi connectivity index (χ1n) is 9.73. The number of hydrogen-bond donors (Lipinski definition) is 2. The number of aryl methyl sites for hydroxylation is 1. The minimum Gasteiger partial charge on any atom is -0.497 e. The molecule has 2 N–H and O–H groups in total. The van der Waals surface area contributed by atoms with Crippen molar-refractivity contribution in [3.63, 3.8) is 0 Å². The molecule has 1 aliphatic rings. The van der Waals surface area contributed by atoms with Crippen LogP contribution in [0.25, 0.3) is 11.1 Å². The molecule has 0 spiro atoms. The highest BCUT2D eigenvalue weighted by Gasteiger charge is 2.38. The van der Waals surface area contributed by atoms with Crippen LogP contribution in [0, 0.1) is 12.7 Å². The molecule has 1 aliphatic heterocycles. The highest BCUT2D eigenvalue weighted by Crippen LogP contribution is 2.39. The maximum absolute atomic E-state index is 14.4. The predicted molar refractivity (Wildman–Crippen MR) is 117 cm³/mol. The van der Waals surface area contributed by atoms with E-state index < -0.39 is 23.0 Å². The Bertz CT molecular complexity index is 1230. The molecule has 0 aliphatic carbocycles. The Hall–Kier alpha value is -3.91. The van der Waals surface area contributed by atoms with E-state index >= 15 is 0 Å². The average Bonchev–Trinajstić information content (AvgIpc) is 3.29. The molecule has 0 bridgehead atoms. The fourth-order valence-electron chi connectivity index (χ4n) is 3.81. The van der Waals surface area contributed by atoms with Gasteiger partial charge in [0.15, 0.2) is 12.1 Å². The molecule has 0 saturated carbocycles. The summed E-state index contributed by atoms with van der Waals surface area (Å²) in [5.41, 5.74) is 4.99. The van der Waals surface area contributed by atoms with Crippen molar-refractivity contribution >= 4 is 12.4 Å². The number of hydroxylamine groups is 1. The number of ether oxygens (including phenoxy) is 2. The molecular weight excluding hydrogens is 415 g/mol. The molecular formula is C24H21FN2O5. The molecule has 1 atom stereocenters. The largest absolute Gasteiger partial charge is 0.497 e. The van der Waals surface area contributed by atoms with E-state index in [9.17, 15) is 9.18 Å². The number of nitrogens with one attached hydrogen (secondary N) is 1. The zero-order valence-electron chi connectivity index (χ0n) is 17.7. The minimum absolute atomic E-state index is 0.403. The number of benzene rings is 3. The zero-order chi connectivity index (χ0) is 22.9. The third-order valence-corrected chi connectivity index (χ3v) is 5.46. The van der Waals surface area contributed by atoms with Crippen molar-refractivity contribution in [2.75, 3.05) is 14.2 Å². The number of halogens is 1. The molecule has 3 aromatic rings. The van der Waals surface area contributed by atoms with E-state index in [0.29, 0.717) is 22.6 Å². The van der Waals surface area contributed by atoms with Gasteiger partial charge in [-0.3, -0.25) is 0 Å². The van der Waals surface area contributed by atoms with Crippen LogP contribution in [0.3, 0.4) is 0 Å². The Morgan fingerprint density at radius 2 is 1.78 bits per heavy atom. The summed E-state index contributed by atoms with van der Waals surface area (Å²) in [4.78, 5) is 20.8. The second-order valence-electron chi connectivity index (χ2n) is 7.26. The quantitative estimate of drug-likeness (QED) is 0.600. The van der Waals surface area contributed by atoms with Crippen LogP contribution in [-0.4, -0.2) is 31.7 Å². The van der Waals surface area contributed by atoms with E-state index in [0.717, 1.165) is 22.8 Å². The maximum Gasteiger partial charge on any atom is 0.338 e. The zero-order valence-corrected chi connectivity index (χ0v) is 17.7. The van der Waals surface area contributed by atoms with Crippen molar-refractivity contribution < 1.29 is 28.6 Å². The Kier molecular flexibility index (Phi) is 5.54. The molecule has 164 valence electrons. The SMILES string of the molecule is COc1ccc(OC)c(-c2ccc(C3(c4ccc(C(=O)O)c(F)c4)N=CON3)cc2C)c1. The van der Waals surface area contributed by atoms with Crippen molar-refractivity contribution in [1.82, 2.24) is 5.48 Å². The van der Waals surface area contributed by atoms with Gasteiger partial charge < -0.3 is 19.4 Å². The van der Waals surface area contributed by atoms with E-state index in [4.69, 9.17) is 19.4 Å². The Morgan fingerprint density at radius 1 is 1.03 bits per heavy atom. The highest BCUT2D eigenvalue weighted by molar-refractivity contribution is 5.88. The monoisotopic (exact) mass is 436 g/mol. The molecule has 3 aromatic carbocycles. The number of carboxylic acid groups (broad SMARTS) is 1. The number of rotatable bonds is 6. The van der Waals surface area contributed by atoms with E-state index in [1.807, 2.05) is 43.3 Å². The molecule has 1 heterocycles. The summed E-state index contributed by atoms with van der Waals surface area (Å²) >= 11 is 0. The van der Waals surface area contributed by atoms with Gasteiger partial charge in [0.2, 0.25) is 0 Å². The van der Waals surface area contributed by atoms with Crippen molar-refractivity contribution in [3.8, 4) is 22.6 Å². The first kappa shape index (κ1) is 21.3. The van der Waals surface area contributed by atoms with Gasteiger partial charge in [-0.15, -0.1) is 5.48 Å². The second-order valence-corrected chi connectivity index (χ2v) is 7.26. The molecule has 4 rings (SSSR count). The van der Waals surface area contributed by atoms with Gasteiger partial charge in [-0.1, -0.05) is 24.3 Å². The first-order valence-corrected chi connectivity index (χ1v) is 9.73. The summed E-state index contributed by atoms with van der Waals surface area (Å²) in [6.45, 7) is 1.94. The summed E-state index contributed by atoms with van der Waals surface area (Å²) in [6, 6.07) is 15.1. The summed E-state index contributed by atoms with van der Waals surface area (Å²) in [5, 5.41) is 9.13. The van der Waals surface area contributed by atoms with Crippen LogP contribution in [-0.2, 0) is 10.5 Å². The number of aliphatic imine (C=N–C) groups is 1. The number of carboxylic acids is 1. The molecule has 8 heteroatoms. The van der Waals surface area contributed by atoms with Crippen LogP contribution in [0.5, 0.6) is 11.5 Å². The van der Waals surface area contributed by atoms with Gasteiger partial charge in [-0.2, -0.15) is 0 Å². The molecule has 0 fully saturated rings. The molecule has 0 saturated heterocycles. The number of methoxy groups -OCH3 is 2. The van der Waals surface area contributed by atoms with E-state index in [1.54, 1.807) is 14.2 Å². The molecule has 0 radical (unpaired) electrons. The first-order chi connectivity index (χ1) is 15.4. The lowest BCUT2D eigenvalue weighted by atomic mass is 9.88. The van der Waals surface area contributed by atoms with Crippen LogP contribution >= 0.6 is 0 Å². The van der Waals surface area contributed by atoms with Crippen LogP contribution in [0.2, 0.25) is 0 Å². The summed E-state index contributed by atoms with van der Waals surface area (Å²) in [6.07, 6.45) is 1.23. The molecule has 32 heavy (non-hydrogen) atoms. The van der Waals surface area contributed by atoms with Gasteiger partial charge in [0.05, 0.1) is 19.8 Å². The standard InChI is InChI=1S/C24H21FN2O5/c1-14-10-15(4-7-18(14)20-12-17(30-2)6-9-22(20)31-3)24(26-13-32-27-24)16-5-8-19(23(28)29)21(25)11-16/h4-13,27H,1-3H3,(H,28,29). The Balaban J connectivity index is 1.82. The average molecular weight is 436 g/mol. The molecule has 0 aromatic heterocycles. The fourth-order valence-corrected chi connectivity index (χ4v) is 3.81. The van der Waals surface area contributed by atoms with Gasteiger partial charge >= 0.3 is 5.97 Å². The smallest absolute Gasteiger partial charge is 0.338 e. The van der Waals surface area contributed by atoms with E-state index in [1.165, 1.54) is 18.5 Å². The van der Waals surface area contributed by atoms with Crippen molar-refractivity contribution in [2.45, 2.75) is 12.6 Å². The second kappa shape index (κ2) is 8.32. The summed E-state index contributed by atoms with van der Waals surface area (Å²) < 4.78 is 25.3. The van der Waals surface area contributed by atoms with Crippen molar-refractivity contribution in [3.05, 3.63) is 82.7 Å². The lowest BCUT2D eigenvalue weighted by Gasteiger charge is -2.27. The third kappa shape index (κ3) is 3.54. The van der Waals surface area contributed by atoms with Gasteiger partial charge in [0.1, 0.15) is 17.3 Å². The van der Waals surface area contributed by atoms with Gasteiger partial charge in [-0.25, -0.2) is 14.2 Å². The highest BCUT2D eigenvalue weighted by atomic mass is 19.1. The summed E-state index contributed by atoms with van der Waals surface area (Å²) in [7, 11) is 3.21. The number of nitrogens with zero attached hydrogens (tertiary/aromatic N) is 1. The van der Waals surface area contributed by atoms with Crippen molar-refractivity contribution in [2.24, 2.45) is 4.99 Å². The van der Waals surface area contributed by atoms with Crippen LogP contribution in [0.1, 0.15) is 27.0 Å². The Morgan fingerprint density at radius 3 is 2.38 bits per heavy atom. The van der Waals surface area contributed by atoms with Crippen molar-refractivity contribution in [1.29, 1.82) is 0 Å². The van der Waals surface area contributed by atoms with Crippen LogP contribution < -0.4 is 15.0 Å². The van der Waals surface area contributed by atoms with E-state index in [2.05, 4.69) is 10.5 Å². The lowest BCUT2D eigenvalue weighted by Crippen LogP contribution is -2.37. The lowest BCUT2D eigenvalue weighted by molar-refractivity contribution is 0.0691. The normalized spacial score (nSPS) is 17.1. The van der Waals surface area contributed by atoms with Gasteiger partial charge in [-0.05, 0) is 48.4 Å². The summed E-state index contributed by atoms with van der Waals surface area (Å²) in [5.74, 6) is -0.796. The molecule has 1 unspecified atom stereocenters. The molecule has 7 nitrogen and oxygen atoms in total. The van der Waals surface area contributed by atoms with Gasteiger partial charge in [0.25, 0.3) is 0 Å². The Labute approximate surface area is 184 Å². The number of carbonyl (C=O) groups is 1. The predicted octanol–water partition coefficient (Wildman–Crippen LogP) is 4.28. The fraction of sp³-hybridized carbons (Fsp3) is 0.167. The van der Waals surface area contributed by atoms with Gasteiger partial charge in [0, 0.05) is 16.7 Å². The topological polar surface area (TPSA) is 89.4 Å². The number of hydrogen-bond acceptors (Lipinski definition) is 6. The minimum atomic E-state index is -1.34. The van der Waals surface area contributed by atoms with Crippen LogP contribution in [0.15, 0.2) is 59.6 Å². The molecule has 0 amide bonds. The maximum atomic E-state index is 14.4. The van der Waals surface area contributed by atoms with Crippen LogP contribution in [0.4, 0.5) is 4.39 Å².